The summed E-state index contributed by atoms with van der Waals surface area (Å²) >= 11 is 0. The molecule has 0 bridgehead atoms. The van der Waals surface area contributed by atoms with Crippen LogP contribution in [0.2, 0.25) is 0 Å². The van der Waals surface area contributed by atoms with Gasteiger partial charge in [-0.05, 0) is 50.3 Å². The highest BCUT2D eigenvalue weighted by Gasteiger charge is 2.22. The monoisotopic (exact) mass is 524 g/mol. The van der Waals surface area contributed by atoms with Gasteiger partial charge in [0.2, 0.25) is 0 Å². The number of nitrogens with one attached hydrogen (secondary N) is 1. The molecule has 2 aromatic carbocycles. The number of quaternary nitrogens is 1. The molecule has 2 aromatic rings. The Morgan fingerprint density at radius 3 is 2.18 bits per heavy atom. The lowest BCUT2D eigenvalue weighted by molar-refractivity contribution is -0.890. The SMILES string of the molecule is C[N+](C)(CCCO)CCCCCCCCCN1CCC(OC(=O)Nc2ccccc2-c2ccccc2)CC1. The molecule has 1 saturated heterocycles. The maximum absolute atomic E-state index is 12.6. The van der Waals surface area contributed by atoms with Crippen LogP contribution >= 0.6 is 0 Å². The van der Waals surface area contributed by atoms with E-state index in [9.17, 15) is 4.79 Å². The molecule has 1 aliphatic heterocycles. The van der Waals surface area contributed by atoms with E-state index in [0.717, 1.165) is 66.7 Å². The molecular formula is C32H50N3O3+. The number of piperidine rings is 1. The van der Waals surface area contributed by atoms with E-state index in [0.29, 0.717) is 6.61 Å². The van der Waals surface area contributed by atoms with Crippen molar-refractivity contribution in [2.24, 2.45) is 0 Å². The van der Waals surface area contributed by atoms with Crippen molar-refractivity contribution in [2.75, 3.05) is 58.7 Å². The van der Waals surface area contributed by atoms with Crippen LogP contribution in [0, 0.1) is 0 Å². The number of ether oxygens (including phenoxy) is 1. The molecule has 6 nitrogen and oxygen atoms in total. The van der Waals surface area contributed by atoms with E-state index < -0.39 is 0 Å². The second kappa shape index (κ2) is 16.5. The summed E-state index contributed by atoms with van der Waals surface area (Å²) in [5.41, 5.74) is 2.85. The number of benzene rings is 2. The Bertz CT molecular complexity index is 927. The van der Waals surface area contributed by atoms with Crippen molar-refractivity contribution in [3.8, 4) is 11.1 Å². The molecule has 38 heavy (non-hydrogen) atoms. The number of likely N-dealkylation sites (tertiary alicyclic amines) is 1. The van der Waals surface area contributed by atoms with Gasteiger partial charge in [0.25, 0.3) is 0 Å². The number of carbonyl (C=O) groups is 1. The molecule has 0 radical (unpaired) electrons. The zero-order valence-corrected chi connectivity index (χ0v) is 23.7. The third kappa shape index (κ3) is 11.1. The van der Waals surface area contributed by atoms with Gasteiger partial charge in [0, 0.05) is 31.7 Å². The van der Waals surface area contributed by atoms with Crippen molar-refractivity contribution >= 4 is 11.8 Å². The van der Waals surface area contributed by atoms with Crippen molar-refractivity contribution < 1.29 is 19.1 Å². The van der Waals surface area contributed by atoms with Gasteiger partial charge in [0.15, 0.2) is 0 Å². The number of carbonyl (C=O) groups excluding carboxylic acids is 1. The molecule has 0 aliphatic carbocycles. The summed E-state index contributed by atoms with van der Waals surface area (Å²) in [4.78, 5) is 15.1. The first-order valence-electron chi connectivity index (χ1n) is 14.7. The Labute approximate surface area is 230 Å². The summed E-state index contributed by atoms with van der Waals surface area (Å²) in [6, 6.07) is 18.0. The Kier molecular flexibility index (Phi) is 13.1. The molecule has 0 atom stereocenters. The molecular weight excluding hydrogens is 474 g/mol. The van der Waals surface area contributed by atoms with Crippen LogP contribution in [0.25, 0.3) is 11.1 Å². The van der Waals surface area contributed by atoms with E-state index in [1.54, 1.807) is 0 Å². The zero-order chi connectivity index (χ0) is 27.1. The maximum atomic E-state index is 12.6. The van der Waals surface area contributed by atoms with Crippen LogP contribution in [0.15, 0.2) is 54.6 Å². The van der Waals surface area contributed by atoms with Gasteiger partial charge in [0.1, 0.15) is 6.10 Å². The number of unbranched alkanes of at least 4 members (excludes halogenated alkanes) is 6. The molecule has 0 aromatic heterocycles. The fourth-order valence-electron chi connectivity index (χ4n) is 5.37. The van der Waals surface area contributed by atoms with Crippen molar-refractivity contribution in [3.05, 3.63) is 54.6 Å². The second-order valence-electron chi connectivity index (χ2n) is 11.4. The lowest BCUT2D eigenvalue weighted by Gasteiger charge is -2.31. The second-order valence-corrected chi connectivity index (χ2v) is 11.4. The molecule has 2 N–H and O–H groups in total. The summed E-state index contributed by atoms with van der Waals surface area (Å²) in [5.74, 6) is 0. The van der Waals surface area contributed by atoms with E-state index in [4.69, 9.17) is 9.84 Å². The summed E-state index contributed by atoms with van der Waals surface area (Å²) in [5, 5.41) is 12.0. The molecule has 3 rings (SSSR count). The number of aliphatic hydroxyl groups is 1. The Morgan fingerprint density at radius 2 is 1.47 bits per heavy atom. The van der Waals surface area contributed by atoms with Crippen molar-refractivity contribution in [3.63, 3.8) is 0 Å². The summed E-state index contributed by atoms with van der Waals surface area (Å²) in [6.45, 7) is 5.74. The average Bonchev–Trinajstić information content (AvgIpc) is 2.92. The molecule has 0 saturated carbocycles. The van der Waals surface area contributed by atoms with Gasteiger partial charge >= 0.3 is 6.09 Å². The lowest BCUT2D eigenvalue weighted by Crippen LogP contribution is -2.41. The third-order valence-electron chi connectivity index (χ3n) is 7.72. The third-order valence-corrected chi connectivity index (χ3v) is 7.72. The van der Waals surface area contributed by atoms with E-state index in [1.165, 1.54) is 51.5 Å². The summed E-state index contributed by atoms with van der Waals surface area (Å²) < 4.78 is 6.80. The van der Waals surface area contributed by atoms with Gasteiger partial charge in [-0.3, -0.25) is 5.32 Å². The number of aliphatic hydroxyl groups excluding tert-OH is 1. The number of para-hydroxylation sites is 1. The van der Waals surface area contributed by atoms with Gasteiger partial charge in [-0.25, -0.2) is 4.79 Å². The van der Waals surface area contributed by atoms with Crippen LogP contribution in [-0.2, 0) is 4.74 Å². The molecule has 0 unspecified atom stereocenters. The largest absolute Gasteiger partial charge is 0.446 e. The quantitative estimate of drug-likeness (QED) is 0.193. The number of rotatable bonds is 16. The maximum Gasteiger partial charge on any atom is 0.411 e. The topological polar surface area (TPSA) is 61.8 Å². The molecule has 1 aliphatic rings. The van der Waals surface area contributed by atoms with Crippen molar-refractivity contribution in [1.29, 1.82) is 0 Å². The number of hydrogen-bond donors (Lipinski definition) is 2. The normalized spacial score (nSPS) is 14.9. The van der Waals surface area contributed by atoms with Crippen LogP contribution in [-0.4, -0.2) is 80.1 Å². The zero-order valence-electron chi connectivity index (χ0n) is 23.7. The van der Waals surface area contributed by atoms with Crippen molar-refractivity contribution in [1.82, 2.24) is 4.90 Å². The highest BCUT2D eigenvalue weighted by atomic mass is 16.6. The lowest BCUT2D eigenvalue weighted by atomic mass is 10.0. The Morgan fingerprint density at radius 1 is 0.868 bits per heavy atom. The van der Waals surface area contributed by atoms with Crippen LogP contribution in [0.5, 0.6) is 0 Å². The van der Waals surface area contributed by atoms with Crippen molar-refractivity contribution in [2.45, 2.75) is 70.3 Å². The molecule has 210 valence electrons. The minimum atomic E-state index is -0.362. The number of anilines is 1. The Hall–Kier alpha value is -2.41. The summed E-state index contributed by atoms with van der Waals surface area (Å²) in [6.07, 6.45) is 11.5. The first-order valence-corrected chi connectivity index (χ1v) is 14.7. The standard InChI is InChI=1S/C32H49N3O3/c1-35(2,26-15-27-36)25-14-7-5-3-4-6-13-22-34-23-20-29(21-24-34)38-32(37)33-31-19-12-11-18-30(31)28-16-9-8-10-17-28/h8-12,16-19,29,36H,3-7,13-15,20-27H2,1-2H3/p+1. The molecule has 0 spiro atoms. The number of hydrogen-bond acceptors (Lipinski definition) is 4. The predicted molar refractivity (Wildman–Crippen MR) is 157 cm³/mol. The number of amides is 1. The predicted octanol–water partition coefficient (Wildman–Crippen LogP) is 6.56. The highest BCUT2D eigenvalue weighted by Crippen LogP contribution is 2.28. The molecule has 1 heterocycles. The minimum absolute atomic E-state index is 0.0117. The molecule has 6 heteroatoms. The van der Waals surface area contributed by atoms with E-state index in [1.807, 2.05) is 54.6 Å². The highest BCUT2D eigenvalue weighted by molar-refractivity contribution is 5.91. The van der Waals surface area contributed by atoms with Gasteiger partial charge in [-0.15, -0.1) is 0 Å². The fourth-order valence-corrected chi connectivity index (χ4v) is 5.37. The first kappa shape index (κ1) is 30.1. The fraction of sp³-hybridized carbons (Fsp3) is 0.594. The van der Waals surface area contributed by atoms with Crippen LogP contribution < -0.4 is 5.32 Å². The number of nitrogens with zero attached hydrogens (tertiary/aromatic N) is 2. The van der Waals surface area contributed by atoms with Gasteiger partial charge in [-0.1, -0.05) is 74.2 Å². The summed E-state index contributed by atoms with van der Waals surface area (Å²) in [7, 11) is 4.54. The van der Waals surface area contributed by atoms with Crippen LogP contribution in [0.1, 0.15) is 64.2 Å². The van der Waals surface area contributed by atoms with Gasteiger partial charge in [0.05, 0.1) is 32.9 Å². The average molecular weight is 525 g/mol. The smallest absolute Gasteiger partial charge is 0.411 e. The van der Waals surface area contributed by atoms with Crippen LogP contribution in [0.4, 0.5) is 10.5 Å². The molecule has 1 fully saturated rings. The van der Waals surface area contributed by atoms with Gasteiger partial charge < -0.3 is 19.2 Å². The minimum Gasteiger partial charge on any atom is -0.446 e. The van der Waals surface area contributed by atoms with Gasteiger partial charge in [-0.2, -0.15) is 0 Å². The van der Waals surface area contributed by atoms with E-state index in [-0.39, 0.29) is 12.2 Å². The van der Waals surface area contributed by atoms with Crippen LogP contribution in [0.3, 0.4) is 0 Å². The first-order chi connectivity index (χ1) is 18.5. The van der Waals surface area contributed by atoms with E-state index in [2.05, 4.69) is 24.3 Å². The Balaban J connectivity index is 1.23. The molecule has 1 amide bonds. The van der Waals surface area contributed by atoms with E-state index >= 15 is 0 Å².